The second-order valence-electron chi connectivity index (χ2n) is 6.78. The summed E-state index contributed by atoms with van der Waals surface area (Å²) in [5.41, 5.74) is 0.656. The van der Waals surface area contributed by atoms with E-state index in [1.165, 1.54) is 31.2 Å². The Morgan fingerprint density at radius 3 is 2.72 bits per heavy atom. The number of esters is 1. The summed E-state index contributed by atoms with van der Waals surface area (Å²) >= 11 is 0. The summed E-state index contributed by atoms with van der Waals surface area (Å²) in [5.74, 6) is 0.197. The molecule has 1 aliphatic heterocycles. The minimum absolute atomic E-state index is 0.0697. The Kier molecular flexibility index (Phi) is 6.58. The number of hydrogen-bond donors (Lipinski definition) is 1. The lowest BCUT2D eigenvalue weighted by Crippen LogP contribution is -2.40. The van der Waals surface area contributed by atoms with Crippen LogP contribution in [-0.4, -0.2) is 69.2 Å². The molecule has 3 rings (SSSR count). The molecule has 0 saturated heterocycles. The first-order valence-corrected chi connectivity index (χ1v) is 9.32. The number of nitrogens with zero attached hydrogens (tertiary/aromatic N) is 1. The van der Waals surface area contributed by atoms with Gasteiger partial charge in [0.1, 0.15) is 13.2 Å². The maximum absolute atomic E-state index is 12.0. The first-order valence-electron chi connectivity index (χ1n) is 9.32. The molecular formula is C20H24N2O7. The Labute approximate surface area is 168 Å². The first-order chi connectivity index (χ1) is 14.0. The van der Waals surface area contributed by atoms with E-state index in [1.54, 1.807) is 12.1 Å². The zero-order chi connectivity index (χ0) is 20.8. The third-order valence-corrected chi connectivity index (χ3v) is 4.35. The highest BCUT2D eigenvalue weighted by Gasteiger charge is 2.24. The number of carbonyl (C=O) groups is 3. The van der Waals surface area contributed by atoms with E-state index in [2.05, 4.69) is 5.32 Å². The van der Waals surface area contributed by atoms with Crippen LogP contribution >= 0.6 is 0 Å². The molecule has 2 amide bonds. The molecule has 0 bridgehead atoms. The molecule has 0 aromatic heterocycles. The van der Waals surface area contributed by atoms with Crippen LogP contribution in [0.15, 0.2) is 18.2 Å². The number of likely N-dealkylation sites (N-methyl/N-ethyl adjacent to an activating group) is 1. The molecule has 1 aromatic carbocycles. The van der Waals surface area contributed by atoms with Crippen molar-refractivity contribution in [2.24, 2.45) is 0 Å². The summed E-state index contributed by atoms with van der Waals surface area (Å²) in [5, 5.41) is 2.79. The van der Waals surface area contributed by atoms with Crippen molar-refractivity contribution in [2.45, 2.75) is 18.9 Å². The molecule has 0 atom stereocenters. The number of ether oxygens (including phenoxy) is 4. The van der Waals surface area contributed by atoms with Crippen LogP contribution < -0.4 is 19.5 Å². The van der Waals surface area contributed by atoms with Gasteiger partial charge < -0.3 is 29.2 Å². The molecule has 29 heavy (non-hydrogen) atoms. The third kappa shape index (κ3) is 5.87. The van der Waals surface area contributed by atoms with Gasteiger partial charge in [0.15, 0.2) is 18.1 Å². The number of carbonyl (C=O) groups excluding carboxylic acids is 3. The van der Waals surface area contributed by atoms with Crippen molar-refractivity contribution >= 4 is 23.9 Å². The number of benzene rings is 1. The zero-order valence-electron chi connectivity index (χ0n) is 16.4. The van der Waals surface area contributed by atoms with Crippen molar-refractivity contribution in [3.63, 3.8) is 0 Å². The quantitative estimate of drug-likeness (QED) is 0.504. The van der Waals surface area contributed by atoms with Crippen LogP contribution in [0.25, 0.3) is 6.08 Å². The lowest BCUT2D eigenvalue weighted by Gasteiger charge is -2.20. The Balaban J connectivity index is 1.49. The van der Waals surface area contributed by atoms with Gasteiger partial charge in [0.05, 0.1) is 13.7 Å². The summed E-state index contributed by atoms with van der Waals surface area (Å²) in [7, 11) is 3.00. The molecule has 1 saturated carbocycles. The van der Waals surface area contributed by atoms with E-state index in [0.717, 1.165) is 12.8 Å². The molecule has 9 heteroatoms. The Morgan fingerprint density at radius 2 is 2.00 bits per heavy atom. The van der Waals surface area contributed by atoms with Gasteiger partial charge in [0, 0.05) is 19.2 Å². The van der Waals surface area contributed by atoms with Crippen LogP contribution in [-0.2, 0) is 19.1 Å². The van der Waals surface area contributed by atoms with E-state index in [1.807, 2.05) is 0 Å². The van der Waals surface area contributed by atoms with Crippen LogP contribution in [0.4, 0.5) is 0 Å². The van der Waals surface area contributed by atoms with Gasteiger partial charge in [-0.2, -0.15) is 0 Å². The van der Waals surface area contributed by atoms with E-state index in [-0.39, 0.29) is 18.5 Å². The predicted molar refractivity (Wildman–Crippen MR) is 103 cm³/mol. The van der Waals surface area contributed by atoms with Crippen molar-refractivity contribution in [3.8, 4) is 17.2 Å². The van der Waals surface area contributed by atoms with Crippen molar-refractivity contribution in [1.29, 1.82) is 0 Å². The average molecular weight is 404 g/mol. The Hall–Kier alpha value is -3.23. The van der Waals surface area contributed by atoms with E-state index < -0.39 is 18.5 Å². The Morgan fingerprint density at radius 1 is 1.24 bits per heavy atom. The maximum atomic E-state index is 12.0. The fraction of sp³-hybridized carbons (Fsp3) is 0.450. The molecule has 2 aliphatic rings. The van der Waals surface area contributed by atoms with Crippen LogP contribution in [0.3, 0.4) is 0 Å². The number of methoxy groups -OCH3 is 1. The second kappa shape index (κ2) is 9.31. The van der Waals surface area contributed by atoms with Gasteiger partial charge in [-0.1, -0.05) is 0 Å². The lowest BCUT2D eigenvalue weighted by atomic mass is 10.1. The van der Waals surface area contributed by atoms with E-state index >= 15 is 0 Å². The van der Waals surface area contributed by atoms with Crippen LogP contribution in [0.1, 0.15) is 18.4 Å². The van der Waals surface area contributed by atoms with Crippen LogP contribution in [0, 0.1) is 0 Å². The van der Waals surface area contributed by atoms with Crippen molar-refractivity contribution in [1.82, 2.24) is 10.2 Å². The fourth-order valence-corrected chi connectivity index (χ4v) is 2.65. The van der Waals surface area contributed by atoms with Gasteiger partial charge in [0.2, 0.25) is 11.7 Å². The summed E-state index contributed by atoms with van der Waals surface area (Å²) in [6.07, 6.45) is 4.68. The minimum Gasteiger partial charge on any atom is -0.493 e. The van der Waals surface area contributed by atoms with Gasteiger partial charge >= 0.3 is 5.97 Å². The van der Waals surface area contributed by atoms with Gasteiger partial charge in [-0.25, -0.2) is 4.79 Å². The summed E-state index contributed by atoms with van der Waals surface area (Å²) in [4.78, 5) is 36.8. The molecule has 1 N–H and O–H groups in total. The fourth-order valence-electron chi connectivity index (χ4n) is 2.65. The smallest absolute Gasteiger partial charge is 0.331 e. The number of hydrogen-bond acceptors (Lipinski definition) is 7. The number of amides is 2. The highest BCUT2D eigenvalue weighted by atomic mass is 16.6. The molecule has 1 aromatic rings. The zero-order valence-corrected chi connectivity index (χ0v) is 16.4. The Bertz CT molecular complexity index is 800. The van der Waals surface area contributed by atoms with Gasteiger partial charge in [-0.05, 0) is 36.6 Å². The molecule has 1 fully saturated rings. The molecule has 0 radical (unpaired) electrons. The largest absolute Gasteiger partial charge is 0.493 e. The first kappa shape index (κ1) is 20.5. The number of fused-ring (bicyclic) bond motifs is 1. The highest BCUT2D eigenvalue weighted by Crippen LogP contribution is 2.40. The van der Waals surface area contributed by atoms with Crippen molar-refractivity contribution in [3.05, 3.63) is 23.8 Å². The molecule has 156 valence electrons. The lowest BCUT2D eigenvalue weighted by molar-refractivity contribution is -0.148. The van der Waals surface area contributed by atoms with Gasteiger partial charge in [-0.3, -0.25) is 9.59 Å². The summed E-state index contributed by atoms with van der Waals surface area (Å²) in [6.45, 7) is 0.357. The monoisotopic (exact) mass is 404 g/mol. The molecule has 0 unspecified atom stereocenters. The number of rotatable bonds is 8. The summed E-state index contributed by atoms with van der Waals surface area (Å²) < 4.78 is 21.3. The van der Waals surface area contributed by atoms with Gasteiger partial charge in [0.25, 0.3) is 5.91 Å². The molecular weight excluding hydrogens is 380 g/mol. The van der Waals surface area contributed by atoms with Crippen LogP contribution in [0.2, 0.25) is 0 Å². The minimum atomic E-state index is -0.678. The highest BCUT2D eigenvalue weighted by molar-refractivity contribution is 5.90. The van der Waals surface area contributed by atoms with Crippen molar-refractivity contribution in [2.75, 3.05) is 40.5 Å². The molecule has 0 spiro atoms. The average Bonchev–Trinajstić information content (AvgIpc) is 3.53. The maximum Gasteiger partial charge on any atom is 0.331 e. The standard InChI is InChI=1S/C20H24N2O7/c1-22(11-17(23)21-14-4-5-14)18(24)12-29-19(25)6-3-13-9-15(26-2)20-16(10-13)27-7-8-28-20/h3,6,9-10,14H,4-5,7-8,11-12H2,1-2H3,(H,21,23)/b6-3+. The normalized spacial score (nSPS) is 15.0. The SMILES string of the molecule is COc1cc(/C=C/C(=O)OCC(=O)N(C)CC(=O)NC2CC2)cc2c1OCCO2. The third-order valence-electron chi connectivity index (χ3n) is 4.35. The second-order valence-corrected chi connectivity index (χ2v) is 6.78. The number of nitrogens with one attached hydrogen (secondary N) is 1. The van der Waals surface area contributed by atoms with Crippen molar-refractivity contribution < 1.29 is 33.3 Å². The van der Waals surface area contributed by atoms with Gasteiger partial charge in [-0.15, -0.1) is 0 Å². The van der Waals surface area contributed by atoms with Crippen LogP contribution in [0.5, 0.6) is 17.2 Å². The molecule has 9 nitrogen and oxygen atoms in total. The topological polar surface area (TPSA) is 103 Å². The summed E-state index contributed by atoms with van der Waals surface area (Å²) in [6, 6.07) is 3.65. The van der Waals surface area contributed by atoms with E-state index in [9.17, 15) is 14.4 Å². The van der Waals surface area contributed by atoms with E-state index in [0.29, 0.717) is 36.0 Å². The molecule has 1 heterocycles. The predicted octanol–water partition coefficient (Wildman–Crippen LogP) is 0.760. The van der Waals surface area contributed by atoms with E-state index in [4.69, 9.17) is 18.9 Å². The molecule has 1 aliphatic carbocycles.